The van der Waals surface area contributed by atoms with Crippen LogP contribution in [-0.2, 0) is 9.59 Å². The lowest BCUT2D eigenvalue weighted by Crippen LogP contribution is -2.52. The van der Waals surface area contributed by atoms with Gasteiger partial charge in [-0.2, -0.15) is 4.98 Å². The molecule has 3 fully saturated rings. The number of amides is 2. The molecule has 0 aromatic carbocycles. The topological polar surface area (TPSA) is 150 Å². The van der Waals surface area contributed by atoms with Crippen molar-refractivity contribution in [3.05, 3.63) is 23.7 Å². The van der Waals surface area contributed by atoms with Gasteiger partial charge in [0.1, 0.15) is 12.1 Å². The lowest BCUT2D eigenvalue weighted by molar-refractivity contribution is -0.144. The largest absolute Gasteiger partial charge is 0.493 e. The molecule has 39 heavy (non-hydrogen) atoms. The third-order valence-corrected chi connectivity index (χ3v) is 7.84. The minimum atomic E-state index is -0.779. The molecule has 212 valence electrons. The third-order valence-electron chi connectivity index (χ3n) is 7.84. The van der Waals surface area contributed by atoms with E-state index in [4.69, 9.17) is 0 Å². The smallest absolute Gasteiger partial charge is 0.248 e. The van der Waals surface area contributed by atoms with Crippen LogP contribution in [0.4, 0.5) is 5.95 Å². The van der Waals surface area contributed by atoms with Gasteiger partial charge in [-0.15, -0.1) is 5.10 Å². The van der Waals surface area contributed by atoms with E-state index >= 15 is 0 Å². The van der Waals surface area contributed by atoms with Crippen LogP contribution in [0.1, 0.15) is 89.6 Å². The summed E-state index contributed by atoms with van der Waals surface area (Å²) >= 11 is 0. The maximum absolute atomic E-state index is 13.9. The van der Waals surface area contributed by atoms with Crippen LogP contribution in [0.5, 0.6) is 5.88 Å². The summed E-state index contributed by atoms with van der Waals surface area (Å²) in [5.74, 6) is 0.396. The van der Waals surface area contributed by atoms with Gasteiger partial charge in [-0.05, 0) is 30.6 Å². The van der Waals surface area contributed by atoms with Crippen molar-refractivity contribution in [2.75, 3.05) is 24.5 Å². The number of anilines is 1. The second-order valence-electron chi connectivity index (χ2n) is 12.6. The fourth-order valence-corrected chi connectivity index (χ4v) is 5.56. The monoisotopic (exact) mass is 540 g/mol. The Kier molecular flexibility index (Phi) is 7.25. The highest BCUT2D eigenvalue weighted by molar-refractivity contribution is 5.90. The molecule has 12 nitrogen and oxygen atoms in total. The van der Waals surface area contributed by atoms with E-state index in [1.165, 1.54) is 4.90 Å². The van der Waals surface area contributed by atoms with Gasteiger partial charge in [-0.1, -0.05) is 39.8 Å². The van der Waals surface area contributed by atoms with E-state index < -0.39 is 23.6 Å². The zero-order valence-electron chi connectivity index (χ0n) is 23.4. The number of rotatable bonds is 7. The average molecular weight is 541 g/mol. The van der Waals surface area contributed by atoms with Crippen molar-refractivity contribution in [1.29, 1.82) is 0 Å². The molecule has 2 aliphatic heterocycles. The number of aliphatic hydroxyl groups excluding tert-OH is 1. The summed E-state index contributed by atoms with van der Waals surface area (Å²) in [5.41, 5.74) is 1.17. The van der Waals surface area contributed by atoms with Crippen LogP contribution in [-0.4, -0.2) is 89.7 Å². The van der Waals surface area contributed by atoms with E-state index in [0.717, 1.165) is 24.2 Å². The molecule has 3 aliphatic rings. The molecule has 2 amide bonds. The molecule has 3 N–H and O–H groups in total. The molecule has 0 radical (unpaired) electrons. The minimum absolute atomic E-state index is 0.0738. The normalized spacial score (nSPS) is 24.4. The highest BCUT2D eigenvalue weighted by Gasteiger charge is 2.46. The molecule has 2 saturated heterocycles. The van der Waals surface area contributed by atoms with Crippen LogP contribution in [0.25, 0.3) is 0 Å². The van der Waals surface area contributed by atoms with Gasteiger partial charge in [0.05, 0.1) is 17.5 Å². The van der Waals surface area contributed by atoms with Crippen LogP contribution in [0.2, 0.25) is 0 Å². The number of hydrogen-bond acceptors (Lipinski definition) is 9. The molecule has 1 saturated carbocycles. The molecule has 3 unspecified atom stereocenters. The molecule has 5 rings (SSSR count). The number of carbonyl (C=O) groups excluding carboxylic acids is 2. The molecule has 0 bridgehead atoms. The molecule has 2 aromatic rings. The Morgan fingerprint density at radius 3 is 2.54 bits per heavy atom. The SMILES string of the molecule is CC(C)c1cc(O)nc(N2CCC(NC(=O)C3CC(O)CN3C(=O)[C@@H](n3cc(C4CC4)nn3)C(C)(C)C)C2)n1. The van der Waals surface area contributed by atoms with Crippen LogP contribution in [0.15, 0.2) is 12.3 Å². The molecule has 4 atom stereocenters. The van der Waals surface area contributed by atoms with Crippen molar-refractivity contribution in [2.24, 2.45) is 5.41 Å². The molecule has 0 spiro atoms. The van der Waals surface area contributed by atoms with Crippen LogP contribution in [0, 0.1) is 5.41 Å². The van der Waals surface area contributed by atoms with Crippen molar-refractivity contribution in [3.63, 3.8) is 0 Å². The minimum Gasteiger partial charge on any atom is -0.493 e. The summed E-state index contributed by atoms with van der Waals surface area (Å²) in [6.45, 7) is 11.1. The summed E-state index contributed by atoms with van der Waals surface area (Å²) < 4.78 is 1.63. The van der Waals surface area contributed by atoms with Crippen LogP contribution < -0.4 is 10.2 Å². The fourth-order valence-electron chi connectivity index (χ4n) is 5.56. The summed E-state index contributed by atoms with van der Waals surface area (Å²) in [6, 6.07) is -0.0341. The van der Waals surface area contributed by atoms with E-state index in [9.17, 15) is 19.8 Å². The molecular formula is C27H40N8O4. The first-order valence-corrected chi connectivity index (χ1v) is 13.9. The predicted molar refractivity (Wildman–Crippen MR) is 143 cm³/mol. The second-order valence-corrected chi connectivity index (χ2v) is 12.6. The zero-order valence-corrected chi connectivity index (χ0v) is 23.4. The summed E-state index contributed by atoms with van der Waals surface area (Å²) in [4.78, 5) is 39.6. The first-order chi connectivity index (χ1) is 18.4. The van der Waals surface area contributed by atoms with Gasteiger partial charge in [-0.25, -0.2) is 9.67 Å². The Bertz CT molecular complexity index is 1220. The van der Waals surface area contributed by atoms with Gasteiger partial charge in [0.25, 0.3) is 0 Å². The number of aromatic hydroxyl groups is 1. The van der Waals surface area contributed by atoms with E-state index in [1.807, 2.05) is 45.7 Å². The highest BCUT2D eigenvalue weighted by Crippen LogP contribution is 2.40. The Morgan fingerprint density at radius 1 is 1.13 bits per heavy atom. The molecule has 1 aliphatic carbocycles. The Balaban J connectivity index is 1.28. The lowest BCUT2D eigenvalue weighted by Gasteiger charge is -2.34. The van der Waals surface area contributed by atoms with E-state index in [1.54, 1.807) is 10.7 Å². The molecular weight excluding hydrogens is 500 g/mol. The first-order valence-electron chi connectivity index (χ1n) is 13.9. The number of likely N-dealkylation sites (tertiary alicyclic amines) is 1. The maximum atomic E-state index is 13.9. The Hall–Kier alpha value is -3.28. The van der Waals surface area contributed by atoms with Gasteiger partial charge in [0, 0.05) is 50.3 Å². The maximum Gasteiger partial charge on any atom is 0.248 e. The van der Waals surface area contributed by atoms with Crippen LogP contribution >= 0.6 is 0 Å². The number of nitrogens with one attached hydrogen (secondary N) is 1. The predicted octanol–water partition coefficient (Wildman–Crippen LogP) is 1.72. The van der Waals surface area contributed by atoms with Crippen molar-refractivity contribution in [2.45, 2.75) is 96.4 Å². The number of aromatic nitrogens is 5. The van der Waals surface area contributed by atoms with Crippen molar-refractivity contribution in [1.82, 2.24) is 35.2 Å². The summed E-state index contributed by atoms with van der Waals surface area (Å²) in [7, 11) is 0. The average Bonchev–Trinajstić information content (AvgIpc) is 3.22. The molecule has 4 heterocycles. The van der Waals surface area contributed by atoms with E-state index in [-0.39, 0.29) is 42.6 Å². The van der Waals surface area contributed by atoms with Gasteiger partial charge in [0.15, 0.2) is 0 Å². The third kappa shape index (κ3) is 5.85. The quantitative estimate of drug-likeness (QED) is 0.477. The molecule has 2 aromatic heterocycles. The van der Waals surface area contributed by atoms with Crippen molar-refractivity contribution < 1.29 is 19.8 Å². The number of carbonyl (C=O) groups is 2. The number of aliphatic hydroxyl groups is 1. The Morgan fingerprint density at radius 2 is 1.87 bits per heavy atom. The summed E-state index contributed by atoms with van der Waals surface area (Å²) in [6.07, 6.45) is 4.11. The van der Waals surface area contributed by atoms with Gasteiger partial charge >= 0.3 is 0 Å². The zero-order chi connectivity index (χ0) is 28.1. The number of hydrogen-bond donors (Lipinski definition) is 3. The van der Waals surface area contributed by atoms with E-state index in [2.05, 4.69) is 25.6 Å². The first kappa shape index (κ1) is 27.3. The van der Waals surface area contributed by atoms with Gasteiger partial charge in [0.2, 0.25) is 23.6 Å². The second kappa shape index (κ2) is 10.4. The number of β-amino-alcohol motifs (C(OH)–C–C–N with tert-alkyl or cyclic N) is 1. The fraction of sp³-hybridized carbons (Fsp3) is 0.704. The number of nitrogens with zero attached hydrogens (tertiary/aromatic N) is 7. The molecule has 12 heteroatoms. The van der Waals surface area contributed by atoms with Crippen LogP contribution in [0.3, 0.4) is 0 Å². The van der Waals surface area contributed by atoms with Crippen molar-refractivity contribution >= 4 is 17.8 Å². The van der Waals surface area contributed by atoms with Gasteiger partial charge in [-0.3, -0.25) is 9.59 Å². The Labute approximate surface area is 228 Å². The standard InChI is InChI=1S/C27H40N8O4/c1-15(2)19-11-22(37)30-26(29-19)33-9-8-17(12-33)28-24(38)21-10-18(36)13-34(21)25(39)23(27(3,4)5)35-14-20(31-32-35)16-6-7-16/h11,14-18,21,23,36H,6-10,12-13H2,1-5H3,(H,28,38)(H,29,30,37)/t17?,18?,21?,23-/m1/s1. The summed E-state index contributed by atoms with van der Waals surface area (Å²) in [5, 5.41) is 32.2. The van der Waals surface area contributed by atoms with Crippen molar-refractivity contribution in [3.8, 4) is 5.88 Å². The lowest BCUT2D eigenvalue weighted by atomic mass is 9.85. The van der Waals surface area contributed by atoms with E-state index in [0.29, 0.717) is 31.4 Å². The van der Waals surface area contributed by atoms with Gasteiger partial charge < -0.3 is 25.3 Å². The highest BCUT2D eigenvalue weighted by atomic mass is 16.3.